The molecule has 1 aromatic carbocycles. The molecule has 0 saturated heterocycles. The van der Waals surface area contributed by atoms with Crippen molar-refractivity contribution in [3.8, 4) is 22.8 Å². The Morgan fingerprint density at radius 1 is 0.947 bits per heavy atom. The van der Waals surface area contributed by atoms with Crippen LogP contribution in [0.4, 0.5) is 0 Å². The van der Waals surface area contributed by atoms with Crippen molar-refractivity contribution < 1.29 is 4.74 Å². The Morgan fingerprint density at radius 3 is 2.47 bits per heavy atom. The van der Waals surface area contributed by atoms with Crippen LogP contribution in [0.15, 0.2) is 60.9 Å². The van der Waals surface area contributed by atoms with E-state index in [9.17, 15) is 0 Å². The van der Waals surface area contributed by atoms with E-state index in [4.69, 9.17) is 4.74 Å². The summed E-state index contributed by atoms with van der Waals surface area (Å²) < 4.78 is 6.96. The molecular weight excluding hydrogens is 238 g/mol. The molecular formula is C15H13N3O. The minimum absolute atomic E-state index is 0.834. The SMILES string of the molecule is COc1ccc(-n2ccc(-c3ccccn3)n2)cc1. The summed E-state index contributed by atoms with van der Waals surface area (Å²) >= 11 is 0. The maximum absolute atomic E-state index is 5.14. The standard InChI is InChI=1S/C15H13N3O/c1-19-13-7-5-12(6-8-13)18-11-9-15(17-18)14-4-2-3-10-16-14/h2-11H,1H3. The highest BCUT2D eigenvalue weighted by molar-refractivity contribution is 5.53. The van der Waals surface area contributed by atoms with E-state index in [-0.39, 0.29) is 0 Å². The molecule has 0 saturated carbocycles. The van der Waals surface area contributed by atoms with Crippen molar-refractivity contribution >= 4 is 0 Å². The fourth-order valence-electron chi connectivity index (χ4n) is 1.85. The zero-order chi connectivity index (χ0) is 13.1. The smallest absolute Gasteiger partial charge is 0.119 e. The summed E-state index contributed by atoms with van der Waals surface area (Å²) in [4.78, 5) is 4.29. The van der Waals surface area contributed by atoms with Gasteiger partial charge in [0.05, 0.1) is 18.5 Å². The fraction of sp³-hybridized carbons (Fsp3) is 0.0667. The minimum Gasteiger partial charge on any atom is -0.497 e. The normalized spacial score (nSPS) is 10.4. The third kappa shape index (κ3) is 2.33. The lowest BCUT2D eigenvalue weighted by molar-refractivity contribution is 0.414. The van der Waals surface area contributed by atoms with Crippen molar-refractivity contribution in [2.24, 2.45) is 0 Å². The van der Waals surface area contributed by atoms with Crippen LogP contribution in [-0.4, -0.2) is 21.9 Å². The molecule has 94 valence electrons. The molecule has 4 nitrogen and oxygen atoms in total. The van der Waals surface area contributed by atoms with Gasteiger partial charge in [0.25, 0.3) is 0 Å². The van der Waals surface area contributed by atoms with E-state index in [1.807, 2.05) is 59.4 Å². The van der Waals surface area contributed by atoms with Gasteiger partial charge >= 0.3 is 0 Å². The minimum atomic E-state index is 0.834. The van der Waals surface area contributed by atoms with Crippen LogP contribution in [0.5, 0.6) is 5.75 Å². The van der Waals surface area contributed by atoms with Crippen molar-refractivity contribution in [1.29, 1.82) is 0 Å². The number of hydrogen-bond donors (Lipinski definition) is 0. The topological polar surface area (TPSA) is 39.9 Å². The first-order valence-corrected chi connectivity index (χ1v) is 5.98. The van der Waals surface area contributed by atoms with E-state index < -0.39 is 0 Å². The first kappa shape index (κ1) is 11.5. The van der Waals surface area contributed by atoms with Crippen molar-refractivity contribution in [3.63, 3.8) is 0 Å². The van der Waals surface area contributed by atoms with E-state index in [2.05, 4.69) is 10.1 Å². The Kier molecular flexibility index (Phi) is 2.98. The molecule has 0 aliphatic rings. The van der Waals surface area contributed by atoms with Gasteiger partial charge in [-0.05, 0) is 42.5 Å². The lowest BCUT2D eigenvalue weighted by atomic mass is 10.3. The summed E-state index contributed by atoms with van der Waals surface area (Å²) in [6, 6.07) is 15.5. The van der Waals surface area contributed by atoms with Crippen molar-refractivity contribution in [3.05, 3.63) is 60.9 Å². The molecule has 0 atom stereocenters. The number of aromatic nitrogens is 3. The maximum atomic E-state index is 5.14. The average molecular weight is 251 g/mol. The summed E-state index contributed by atoms with van der Waals surface area (Å²) in [7, 11) is 1.65. The first-order chi connectivity index (χ1) is 9.36. The lowest BCUT2D eigenvalue weighted by Gasteiger charge is -2.03. The van der Waals surface area contributed by atoms with E-state index in [1.54, 1.807) is 13.3 Å². The van der Waals surface area contributed by atoms with Crippen molar-refractivity contribution in [2.45, 2.75) is 0 Å². The zero-order valence-electron chi connectivity index (χ0n) is 10.5. The molecule has 0 unspecified atom stereocenters. The molecule has 0 N–H and O–H groups in total. The molecule has 2 aromatic heterocycles. The predicted octanol–water partition coefficient (Wildman–Crippen LogP) is 2.94. The van der Waals surface area contributed by atoms with E-state index >= 15 is 0 Å². The van der Waals surface area contributed by atoms with Crippen LogP contribution in [-0.2, 0) is 0 Å². The summed E-state index contributed by atoms with van der Waals surface area (Å²) in [5.41, 5.74) is 2.72. The number of ether oxygens (including phenoxy) is 1. The number of hydrogen-bond acceptors (Lipinski definition) is 3. The van der Waals surface area contributed by atoms with Crippen LogP contribution < -0.4 is 4.74 Å². The zero-order valence-corrected chi connectivity index (χ0v) is 10.5. The second kappa shape index (κ2) is 4.94. The number of pyridine rings is 1. The summed E-state index contributed by atoms with van der Waals surface area (Å²) in [6.07, 6.45) is 3.69. The second-order valence-corrected chi connectivity index (χ2v) is 4.06. The third-order valence-corrected chi connectivity index (χ3v) is 2.85. The van der Waals surface area contributed by atoms with E-state index in [1.165, 1.54) is 0 Å². The predicted molar refractivity (Wildman–Crippen MR) is 73.3 cm³/mol. The molecule has 0 fully saturated rings. The molecule has 0 radical (unpaired) electrons. The quantitative estimate of drug-likeness (QED) is 0.718. The fourth-order valence-corrected chi connectivity index (χ4v) is 1.85. The third-order valence-electron chi connectivity index (χ3n) is 2.85. The van der Waals surface area contributed by atoms with Gasteiger partial charge in [0.2, 0.25) is 0 Å². The summed E-state index contributed by atoms with van der Waals surface area (Å²) in [6.45, 7) is 0. The molecule has 2 heterocycles. The Hall–Kier alpha value is -2.62. The van der Waals surface area contributed by atoms with Gasteiger partial charge in [-0.3, -0.25) is 4.98 Å². The highest BCUT2D eigenvalue weighted by Gasteiger charge is 2.04. The van der Waals surface area contributed by atoms with Gasteiger partial charge in [-0.1, -0.05) is 6.07 Å². The monoisotopic (exact) mass is 251 g/mol. The van der Waals surface area contributed by atoms with Gasteiger partial charge in [-0.15, -0.1) is 0 Å². The van der Waals surface area contributed by atoms with Crippen molar-refractivity contribution in [1.82, 2.24) is 14.8 Å². The van der Waals surface area contributed by atoms with Gasteiger partial charge in [-0.25, -0.2) is 4.68 Å². The van der Waals surface area contributed by atoms with Crippen molar-refractivity contribution in [2.75, 3.05) is 7.11 Å². The Bertz CT molecular complexity index is 659. The van der Waals surface area contributed by atoms with Crippen LogP contribution in [0.25, 0.3) is 17.1 Å². The highest BCUT2D eigenvalue weighted by atomic mass is 16.5. The number of benzene rings is 1. The van der Waals surface area contributed by atoms with Gasteiger partial charge in [0.15, 0.2) is 0 Å². The molecule has 0 spiro atoms. The lowest BCUT2D eigenvalue weighted by Crippen LogP contribution is -1.95. The van der Waals surface area contributed by atoms with Gasteiger partial charge in [0, 0.05) is 12.4 Å². The van der Waals surface area contributed by atoms with Crippen LogP contribution in [0, 0.1) is 0 Å². The maximum Gasteiger partial charge on any atom is 0.119 e. The van der Waals surface area contributed by atoms with Crippen LogP contribution in [0.2, 0.25) is 0 Å². The molecule has 3 rings (SSSR count). The van der Waals surface area contributed by atoms with E-state index in [0.717, 1.165) is 22.8 Å². The number of rotatable bonds is 3. The van der Waals surface area contributed by atoms with Crippen LogP contribution in [0.1, 0.15) is 0 Å². The van der Waals surface area contributed by atoms with Gasteiger partial charge in [0.1, 0.15) is 11.4 Å². The van der Waals surface area contributed by atoms with E-state index in [0.29, 0.717) is 0 Å². The largest absolute Gasteiger partial charge is 0.497 e. The molecule has 4 heteroatoms. The Labute approximate surface area is 111 Å². The van der Waals surface area contributed by atoms with Gasteiger partial charge < -0.3 is 4.74 Å². The van der Waals surface area contributed by atoms with Crippen LogP contribution >= 0.6 is 0 Å². The first-order valence-electron chi connectivity index (χ1n) is 5.98. The van der Waals surface area contributed by atoms with Crippen LogP contribution in [0.3, 0.4) is 0 Å². The molecule has 19 heavy (non-hydrogen) atoms. The number of methoxy groups -OCH3 is 1. The summed E-state index contributed by atoms with van der Waals surface area (Å²) in [5.74, 6) is 0.834. The highest BCUT2D eigenvalue weighted by Crippen LogP contribution is 2.18. The molecule has 0 aliphatic heterocycles. The van der Waals surface area contributed by atoms with Gasteiger partial charge in [-0.2, -0.15) is 5.10 Å². The molecule has 0 amide bonds. The molecule has 0 bridgehead atoms. The summed E-state index contributed by atoms with van der Waals surface area (Å²) in [5, 5.41) is 4.52. The second-order valence-electron chi connectivity index (χ2n) is 4.06. The average Bonchev–Trinajstić information content (AvgIpc) is 2.98. The Morgan fingerprint density at radius 2 is 1.79 bits per heavy atom. The Balaban J connectivity index is 1.92. The molecule has 3 aromatic rings. The number of nitrogens with zero attached hydrogens (tertiary/aromatic N) is 3. The molecule has 0 aliphatic carbocycles.